The summed E-state index contributed by atoms with van der Waals surface area (Å²) in [7, 11) is -2.20. The first-order valence-corrected chi connectivity index (χ1v) is 12.0. The van der Waals surface area contributed by atoms with Crippen LogP contribution in [0, 0.1) is 0 Å². The molecule has 26 heavy (non-hydrogen) atoms. The van der Waals surface area contributed by atoms with E-state index < -0.39 is 8.07 Å². The van der Waals surface area contributed by atoms with Gasteiger partial charge in [-0.2, -0.15) is 0 Å². The maximum absolute atomic E-state index is 10.5. The number of benzene rings is 2. The Morgan fingerprint density at radius 2 is 1.38 bits per heavy atom. The topological polar surface area (TPSA) is 20.2 Å². The van der Waals surface area contributed by atoms with Gasteiger partial charge in [0.05, 0.1) is 6.10 Å². The molecule has 2 aromatic carbocycles. The number of aliphatic hydroxyl groups excluding tert-OH is 1. The van der Waals surface area contributed by atoms with Crippen LogP contribution in [0.15, 0.2) is 72.4 Å². The van der Waals surface area contributed by atoms with Crippen LogP contribution in [0.2, 0.25) is 5.04 Å². The van der Waals surface area contributed by atoms with Gasteiger partial charge in [-0.05, 0) is 21.8 Å². The molecule has 2 rings (SSSR count). The van der Waals surface area contributed by atoms with Gasteiger partial charge in [0.25, 0.3) is 0 Å². The zero-order chi connectivity index (χ0) is 19.0. The molecule has 0 spiro atoms. The van der Waals surface area contributed by atoms with Crippen molar-refractivity contribution in [3.05, 3.63) is 72.4 Å². The third kappa shape index (κ3) is 4.75. The summed E-state index contributed by atoms with van der Waals surface area (Å²) >= 11 is 0. The largest absolute Gasteiger partial charge is 0.389 e. The number of hydrogen-bond acceptors (Lipinski definition) is 1. The molecule has 0 saturated carbocycles. The molecule has 0 bridgehead atoms. The molecule has 0 heterocycles. The van der Waals surface area contributed by atoms with Crippen LogP contribution < -0.4 is 10.4 Å². The van der Waals surface area contributed by atoms with Crippen LogP contribution in [0.4, 0.5) is 0 Å². The van der Waals surface area contributed by atoms with Crippen LogP contribution >= 0.6 is 0 Å². The molecular weight excluding hydrogens is 332 g/mol. The Balaban J connectivity index is 2.51. The predicted molar refractivity (Wildman–Crippen MR) is 117 cm³/mol. The molecule has 1 unspecified atom stereocenters. The SMILES string of the molecule is CCCCCC(O)/C=C/[Si](c1ccccc1)(c1ccccc1)C(C)(C)C. The summed E-state index contributed by atoms with van der Waals surface area (Å²) in [5.41, 5.74) is 2.38. The zero-order valence-corrected chi connectivity index (χ0v) is 17.8. The molecule has 0 saturated heterocycles. The normalized spacial score (nSPS) is 13.9. The molecule has 1 nitrogen and oxygen atoms in total. The Labute approximate surface area is 160 Å². The van der Waals surface area contributed by atoms with E-state index in [0.717, 1.165) is 12.8 Å². The number of unbranched alkanes of at least 4 members (excludes halogenated alkanes) is 2. The fourth-order valence-electron chi connectivity index (χ4n) is 3.83. The second-order valence-corrected chi connectivity index (χ2v) is 12.8. The van der Waals surface area contributed by atoms with Crippen molar-refractivity contribution in [2.24, 2.45) is 0 Å². The lowest BCUT2D eigenvalue weighted by Crippen LogP contribution is -2.63. The monoisotopic (exact) mass is 366 g/mol. The van der Waals surface area contributed by atoms with Crippen LogP contribution in [-0.2, 0) is 0 Å². The highest BCUT2D eigenvalue weighted by molar-refractivity contribution is 7.07. The molecule has 2 aromatic rings. The molecule has 0 aliphatic carbocycles. The molecule has 0 aliphatic heterocycles. The molecule has 0 aromatic heterocycles. The molecule has 2 heteroatoms. The van der Waals surface area contributed by atoms with Crippen molar-refractivity contribution in [1.29, 1.82) is 0 Å². The van der Waals surface area contributed by atoms with Gasteiger partial charge < -0.3 is 5.11 Å². The average molecular weight is 367 g/mol. The van der Waals surface area contributed by atoms with E-state index in [1.165, 1.54) is 23.2 Å². The first kappa shape index (κ1) is 20.7. The first-order valence-electron chi connectivity index (χ1n) is 9.90. The molecular formula is C24H34OSi. The van der Waals surface area contributed by atoms with Crippen molar-refractivity contribution >= 4 is 18.4 Å². The number of aliphatic hydroxyl groups is 1. The van der Waals surface area contributed by atoms with E-state index in [9.17, 15) is 5.11 Å². The summed E-state index contributed by atoms with van der Waals surface area (Å²) in [5, 5.41) is 13.4. The maximum Gasteiger partial charge on any atom is 0.146 e. The van der Waals surface area contributed by atoms with E-state index in [2.05, 4.69) is 100 Å². The van der Waals surface area contributed by atoms with Gasteiger partial charge in [-0.1, -0.05) is 119 Å². The molecule has 1 atom stereocenters. The third-order valence-electron chi connectivity index (χ3n) is 5.31. The first-order chi connectivity index (χ1) is 12.4. The fourth-order valence-corrected chi connectivity index (χ4v) is 8.73. The van der Waals surface area contributed by atoms with Crippen molar-refractivity contribution in [3.8, 4) is 0 Å². The van der Waals surface area contributed by atoms with Crippen molar-refractivity contribution in [2.45, 2.75) is 64.5 Å². The molecule has 140 valence electrons. The van der Waals surface area contributed by atoms with Crippen LogP contribution in [-0.4, -0.2) is 19.3 Å². The average Bonchev–Trinajstić information content (AvgIpc) is 2.63. The minimum atomic E-state index is -2.20. The Morgan fingerprint density at radius 1 is 0.885 bits per heavy atom. The molecule has 0 amide bonds. The van der Waals surface area contributed by atoms with Crippen molar-refractivity contribution in [2.75, 3.05) is 0 Å². The van der Waals surface area contributed by atoms with E-state index in [-0.39, 0.29) is 11.1 Å². The zero-order valence-electron chi connectivity index (χ0n) is 16.8. The van der Waals surface area contributed by atoms with Gasteiger partial charge >= 0.3 is 0 Å². The lowest BCUT2D eigenvalue weighted by Gasteiger charge is -2.42. The Morgan fingerprint density at radius 3 is 1.81 bits per heavy atom. The smallest absolute Gasteiger partial charge is 0.146 e. The maximum atomic E-state index is 10.5. The van der Waals surface area contributed by atoms with E-state index in [4.69, 9.17) is 0 Å². The summed E-state index contributed by atoms with van der Waals surface area (Å²) in [6.45, 7) is 9.22. The highest BCUT2D eigenvalue weighted by Gasteiger charge is 2.45. The lowest BCUT2D eigenvalue weighted by atomic mass is 10.1. The Kier molecular flexibility index (Phi) is 7.42. The van der Waals surface area contributed by atoms with E-state index in [1.54, 1.807) is 0 Å². The summed E-state index contributed by atoms with van der Waals surface area (Å²) in [4.78, 5) is 0. The summed E-state index contributed by atoms with van der Waals surface area (Å²) in [6.07, 6.45) is 6.02. The standard InChI is InChI=1S/C24H34OSi/c1-5-6-9-14-21(25)19-20-26(24(2,3)4,22-15-10-7-11-16-22)23-17-12-8-13-18-23/h7-8,10-13,15-21,25H,5-6,9,14H2,1-4H3/b20-19+. The van der Waals surface area contributed by atoms with E-state index in [0.29, 0.717) is 0 Å². The Hall–Kier alpha value is -1.64. The van der Waals surface area contributed by atoms with Crippen molar-refractivity contribution in [1.82, 2.24) is 0 Å². The van der Waals surface area contributed by atoms with Gasteiger partial charge in [0.2, 0.25) is 0 Å². The van der Waals surface area contributed by atoms with Gasteiger partial charge in [-0.25, -0.2) is 0 Å². The second-order valence-electron chi connectivity index (χ2n) is 8.21. The highest BCUT2D eigenvalue weighted by Crippen LogP contribution is 2.37. The summed E-state index contributed by atoms with van der Waals surface area (Å²) in [6, 6.07) is 21.8. The highest BCUT2D eigenvalue weighted by atomic mass is 28.3. The third-order valence-corrected chi connectivity index (χ3v) is 10.9. The minimum absolute atomic E-state index is 0.0926. The fraction of sp³-hybridized carbons (Fsp3) is 0.417. The number of rotatable bonds is 8. The van der Waals surface area contributed by atoms with E-state index >= 15 is 0 Å². The molecule has 1 N–H and O–H groups in total. The summed E-state index contributed by atoms with van der Waals surface area (Å²) in [5.74, 6) is 0. The van der Waals surface area contributed by atoms with Gasteiger partial charge in [0, 0.05) is 0 Å². The Bertz CT molecular complexity index is 631. The number of hydrogen-bond donors (Lipinski definition) is 1. The van der Waals surface area contributed by atoms with Crippen molar-refractivity contribution < 1.29 is 5.11 Å². The minimum Gasteiger partial charge on any atom is -0.389 e. The van der Waals surface area contributed by atoms with E-state index in [1.807, 2.05) is 0 Å². The molecule has 0 aliphatic rings. The van der Waals surface area contributed by atoms with Gasteiger partial charge in [0.1, 0.15) is 8.07 Å². The van der Waals surface area contributed by atoms with Crippen molar-refractivity contribution in [3.63, 3.8) is 0 Å². The molecule has 0 radical (unpaired) electrons. The second kappa shape index (κ2) is 9.34. The van der Waals surface area contributed by atoms with Gasteiger partial charge in [0.15, 0.2) is 0 Å². The van der Waals surface area contributed by atoms with Crippen LogP contribution in [0.3, 0.4) is 0 Å². The van der Waals surface area contributed by atoms with Crippen LogP contribution in [0.5, 0.6) is 0 Å². The summed E-state index contributed by atoms with van der Waals surface area (Å²) < 4.78 is 0. The van der Waals surface area contributed by atoms with Crippen LogP contribution in [0.25, 0.3) is 0 Å². The van der Waals surface area contributed by atoms with Gasteiger partial charge in [-0.3, -0.25) is 0 Å². The van der Waals surface area contributed by atoms with Gasteiger partial charge in [-0.15, -0.1) is 0 Å². The quantitative estimate of drug-likeness (QED) is 0.510. The molecule has 0 fully saturated rings. The predicted octanol–water partition coefficient (Wildman–Crippen LogP) is 5.09. The van der Waals surface area contributed by atoms with Crippen LogP contribution in [0.1, 0.15) is 53.4 Å². The lowest BCUT2D eigenvalue weighted by molar-refractivity contribution is 0.208.